The van der Waals surface area contributed by atoms with E-state index in [-0.39, 0.29) is 24.0 Å². The zero-order chi connectivity index (χ0) is 16.8. The molecule has 1 aliphatic heterocycles. The van der Waals surface area contributed by atoms with E-state index in [1.54, 1.807) is 0 Å². The first-order valence-electron chi connectivity index (χ1n) is 8.70. The van der Waals surface area contributed by atoms with Gasteiger partial charge in [0.1, 0.15) is 0 Å². The standard InChI is InChI=1S/C20H26N4.HI/c1-2-16-8-10-18(11-9-16)23-20(21)22-14-17-12-13-24(15-17)19-6-4-3-5-7-19;/h3-11,17H,2,12-15H2,1H3,(H3,21,22,23);1H. The fourth-order valence-electron chi connectivity index (χ4n) is 3.09. The number of nitrogens with zero attached hydrogens (tertiary/aromatic N) is 2. The van der Waals surface area contributed by atoms with Crippen molar-refractivity contribution in [2.45, 2.75) is 19.8 Å². The molecule has 0 amide bonds. The molecule has 3 N–H and O–H groups in total. The van der Waals surface area contributed by atoms with Crippen LogP contribution in [0.4, 0.5) is 11.4 Å². The zero-order valence-electron chi connectivity index (χ0n) is 14.7. The van der Waals surface area contributed by atoms with Crippen molar-refractivity contribution in [3.05, 3.63) is 60.2 Å². The van der Waals surface area contributed by atoms with Crippen molar-refractivity contribution in [2.75, 3.05) is 29.9 Å². The lowest BCUT2D eigenvalue weighted by atomic mass is 10.1. The highest BCUT2D eigenvalue weighted by atomic mass is 127. The van der Waals surface area contributed by atoms with E-state index in [4.69, 9.17) is 5.73 Å². The monoisotopic (exact) mass is 450 g/mol. The van der Waals surface area contributed by atoms with E-state index >= 15 is 0 Å². The van der Waals surface area contributed by atoms with Crippen molar-refractivity contribution >= 4 is 41.3 Å². The largest absolute Gasteiger partial charge is 0.371 e. The van der Waals surface area contributed by atoms with Crippen molar-refractivity contribution in [1.29, 1.82) is 0 Å². The summed E-state index contributed by atoms with van der Waals surface area (Å²) in [6, 6.07) is 18.9. The smallest absolute Gasteiger partial charge is 0.193 e. The second-order valence-electron chi connectivity index (χ2n) is 6.34. The van der Waals surface area contributed by atoms with Crippen molar-refractivity contribution in [3.63, 3.8) is 0 Å². The van der Waals surface area contributed by atoms with Crippen LogP contribution in [0.2, 0.25) is 0 Å². The van der Waals surface area contributed by atoms with Gasteiger partial charge in [0.25, 0.3) is 0 Å². The summed E-state index contributed by atoms with van der Waals surface area (Å²) < 4.78 is 0. The highest BCUT2D eigenvalue weighted by molar-refractivity contribution is 14.0. The van der Waals surface area contributed by atoms with Crippen LogP contribution in [-0.4, -0.2) is 25.6 Å². The lowest BCUT2D eigenvalue weighted by Gasteiger charge is -2.18. The molecule has 0 saturated carbocycles. The molecule has 0 radical (unpaired) electrons. The van der Waals surface area contributed by atoms with Gasteiger partial charge in [0.15, 0.2) is 5.96 Å². The summed E-state index contributed by atoms with van der Waals surface area (Å²) in [4.78, 5) is 6.95. The Morgan fingerprint density at radius 1 is 1.16 bits per heavy atom. The van der Waals surface area contributed by atoms with E-state index in [2.05, 4.69) is 64.6 Å². The van der Waals surface area contributed by atoms with Crippen LogP contribution >= 0.6 is 24.0 Å². The summed E-state index contributed by atoms with van der Waals surface area (Å²) >= 11 is 0. The molecule has 1 heterocycles. The lowest BCUT2D eigenvalue weighted by molar-refractivity contribution is 0.603. The molecule has 25 heavy (non-hydrogen) atoms. The number of para-hydroxylation sites is 1. The lowest BCUT2D eigenvalue weighted by Crippen LogP contribution is -2.25. The average Bonchev–Trinajstić information content (AvgIpc) is 3.10. The van der Waals surface area contributed by atoms with Gasteiger partial charge in [-0.1, -0.05) is 37.3 Å². The maximum Gasteiger partial charge on any atom is 0.193 e. The average molecular weight is 450 g/mol. The fraction of sp³-hybridized carbons (Fsp3) is 0.350. The number of anilines is 2. The van der Waals surface area contributed by atoms with Gasteiger partial charge < -0.3 is 16.0 Å². The Morgan fingerprint density at radius 2 is 1.88 bits per heavy atom. The number of rotatable bonds is 5. The van der Waals surface area contributed by atoms with Gasteiger partial charge in [-0.15, -0.1) is 24.0 Å². The van der Waals surface area contributed by atoms with Gasteiger partial charge in [-0.05, 0) is 48.6 Å². The quantitative estimate of drug-likeness (QED) is 0.410. The van der Waals surface area contributed by atoms with Crippen molar-refractivity contribution in [3.8, 4) is 0 Å². The normalized spacial score (nSPS) is 17.2. The van der Waals surface area contributed by atoms with E-state index in [9.17, 15) is 0 Å². The minimum Gasteiger partial charge on any atom is -0.371 e. The summed E-state index contributed by atoms with van der Waals surface area (Å²) in [5.74, 6) is 1.06. The molecule has 5 heteroatoms. The van der Waals surface area contributed by atoms with Crippen LogP contribution < -0.4 is 16.0 Å². The molecule has 134 valence electrons. The molecule has 0 spiro atoms. The van der Waals surface area contributed by atoms with Gasteiger partial charge in [-0.2, -0.15) is 0 Å². The Kier molecular flexibility index (Phi) is 7.55. The second kappa shape index (κ2) is 9.65. The maximum absolute atomic E-state index is 6.03. The zero-order valence-corrected chi connectivity index (χ0v) is 17.0. The number of nitrogens with one attached hydrogen (secondary N) is 1. The number of hydrogen-bond acceptors (Lipinski definition) is 2. The van der Waals surface area contributed by atoms with E-state index in [1.165, 1.54) is 11.3 Å². The fourth-order valence-corrected chi connectivity index (χ4v) is 3.09. The van der Waals surface area contributed by atoms with Crippen LogP contribution in [0.1, 0.15) is 18.9 Å². The number of aliphatic imine (C=N–C) groups is 1. The van der Waals surface area contributed by atoms with Crippen molar-refractivity contribution in [2.24, 2.45) is 16.6 Å². The number of nitrogens with two attached hydrogens (primary N) is 1. The van der Waals surface area contributed by atoms with Gasteiger partial charge in [-0.25, -0.2) is 0 Å². The summed E-state index contributed by atoms with van der Waals surface area (Å²) in [6.07, 6.45) is 2.21. The predicted molar refractivity (Wildman–Crippen MR) is 118 cm³/mol. The first-order chi connectivity index (χ1) is 11.7. The Morgan fingerprint density at radius 3 is 2.56 bits per heavy atom. The molecule has 0 aliphatic carbocycles. The van der Waals surface area contributed by atoms with Crippen molar-refractivity contribution < 1.29 is 0 Å². The molecule has 1 fully saturated rings. The third-order valence-electron chi connectivity index (χ3n) is 4.56. The third kappa shape index (κ3) is 5.63. The highest BCUT2D eigenvalue weighted by Gasteiger charge is 2.22. The maximum atomic E-state index is 6.03. The van der Waals surface area contributed by atoms with Crippen LogP contribution in [0.25, 0.3) is 0 Å². The molecule has 3 rings (SSSR count). The summed E-state index contributed by atoms with van der Waals surface area (Å²) in [5.41, 5.74) is 9.64. The van der Waals surface area contributed by atoms with Gasteiger partial charge in [-0.3, -0.25) is 4.99 Å². The molecule has 2 aromatic rings. The van der Waals surface area contributed by atoms with Crippen LogP contribution in [0.15, 0.2) is 59.6 Å². The minimum atomic E-state index is 0. The molecular weight excluding hydrogens is 423 g/mol. The van der Waals surface area contributed by atoms with Gasteiger partial charge in [0, 0.05) is 31.0 Å². The van der Waals surface area contributed by atoms with Gasteiger partial charge in [0.05, 0.1) is 0 Å². The molecule has 1 atom stereocenters. The van der Waals surface area contributed by atoms with Gasteiger partial charge in [0.2, 0.25) is 0 Å². The molecule has 0 aromatic heterocycles. The Balaban J connectivity index is 0.00000225. The number of halogens is 1. The molecule has 1 unspecified atom stereocenters. The van der Waals surface area contributed by atoms with Gasteiger partial charge >= 0.3 is 0 Å². The summed E-state index contributed by atoms with van der Waals surface area (Å²) in [6.45, 7) is 5.07. The van der Waals surface area contributed by atoms with E-state index in [1.807, 2.05) is 12.1 Å². The van der Waals surface area contributed by atoms with Crippen LogP contribution in [-0.2, 0) is 6.42 Å². The molecular formula is C20H27IN4. The third-order valence-corrected chi connectivity index (χ3v) is 4.56. The van der Waals surface area contributed by atoms with Crippen LogP contribution in [0.3, 0.4) is 0 Å². The topological polar surface area (TPSA) is 53.6 Å². The van der Waals surface area contributed by atoms with Crippen molar-refractivity contribution in [1.82, 2.24) is 0 Å². The molecule has 1 aliphatic rings. The Labute approximate surface area is 167 Å². The SMILES string of the molecule is CCc1ccc(NC(N)=NCC2CCN(c3ccccc3)C2)cc1.I. The minimum absolute atomic E-state index is 0. The number of benzene rings is 2. The second-order valence-corrected chi connectivity index (χ2v) is 6.34. The Bertz CT molecular complexity index is 670. The Hall–Kier alpha value is -1.76. The van der Waals surface area contributed by atoms with E-state index < -0.39 is 0 Å². The number of aryl methyl sites for hydroxylation is 1. The summed E-state index contributed by atoms with van der Waals surface area (Å²) in [5, 5.41) is 3.17. The summed E-state index contributed by atoms with van der Waals surface area (Å²) in [7, 11) is 0. The predicted octanol–water partition coefficient (Wildman–Crippen LogP) is 4.12. The van der Waals surface area contributed by atoms with E-state index in [0.29, 0.717) is 11.9 Å². The first kappa shape index (κ1) is 19.6. The molecule has 2 aromatic carbocycles. The van der Waals surface area contributed by atoms with E-state index in [0.717, 1.165) is 38.2 Å². The molecule has 0 bridgehead atoms. The highest BCUT2D eigenvalue weighted by Crippen LogP contribution is 2.23. The first-order valence-corrected chi connectivity index (χ1v) is 8.70. The molecule has 4 nitrogen and oxygen atoms in total. The number of guanidine groups is 1. The molecule has 1 saturated heterocycles. The number of hydrogen-bond donors (Lipinski definition) is 2. The van der Waals surface area contributed by atoms with Crippen LogP contribution in [0, 0.1) is 5.92 Å². The van der Waals surface area contributed by atoms with Crippen LogP contribution in [0.5, 0.6) is 0 Å².